The quantitative estimate of drug-likeness (QED) is 0.871. The van der Waals surface area contributed by atoms with Crippen molar-refractivity contribution in [2.75, 3.05) is 19.6 Å². The molecule has 5 nitrogen and oxygen atoms in total. The highest BCUT2D eigenvalue weighted by Gasteiger charge is 2.45. The minimum atomic E-state index is 0.0299. The highest BCUT2D eigenvalue weighted by atomic mass is 16.2. The lowest BCUT2D eigenvalue weighted by molar-refractivity contribution is -0.123. The average Bonchev–Trinajstić information content (AvgIpc) is 3.27. The molecule has 1 saturated carbocycles. The van der Waals surface area contributed by atoms with Crippen molar-refractivity contribution in [3.05, 3.63) is 18.0 Å². The summed E-state index contributed by atoms with van der Waals surface area (Å²) in [7, 11) is 1.92. The second kappa shape index (κ2) is 6.87. The van der Waals surface area contributed by atoms with Gasteiger partial charge >= 0.3 is 0 Å². The van der Waals surface area contributed by atoms with Gasteiger partial charge in [0.2, 0.25) is 5.91 Å². The Labute approximate surface area is 145 Å². The van der Waals surface area contributed by atoms with Crippen LogP contribution in [0, 0.1) is 11.8 Å². The van der Waals surface area contributed by atoms with E-state index in [0.29, 0.717) is 5.92 Å². The van der Waals surface area contributed by atoms with Crippen molar-refractivity contribution in [1.29, 1.82) is 0 Å². The lowest BCUT2D eigenvalue weighted by Crippen LogP contribution is -2.55. The van der Waals surface area contributed by atoms with E-state index >= 15 is 0 Å². The number of piperidine rings is 1. The summed E-state index contributed by atoms with van der Waals surface area (Å²) in [5, 5.41) is 7.43. The number of rotatable bonds is 6. The predicted octanol–water partition coefficient (Wildman–Crippen LogP) is 2.54. The van der Waals surface area contributed by atoms with Gasteiger partial charge < -0.3 is 5.32 Å². The average molecular weight is 332 g/mol. The van der Waals surface area contributed by atoms with E-state index in [-0.39, 0.29) is 17.4 Å². The second-order valence-electron chi connectivity index (χ2n) is 8.29. The molecule has 2 fully saturated rings. The molecule has 1 aliphatic heterocycles. The van der Waals surface area contributed by atoms with Crippen molar-refractivity contribution in [3.8, 4) is 0 Å². The summed E-state index contributed by atoms with van der Waals surface area (Å²) >= 11 is 0. The molecule has 1 saturated heterocycles. The first-order chi connectivity index (χ1) is 11.4. The van der Waals surface area contributed by atoms with E-state index in [1.807, 2.05) is 24.1 Å². The molecule has 5 heteroatoms. The summed E-state index contributed by atoms with van der Waals surface area (Å²) in [6.45, 7) is 9.86. The molecule has 0 unspecified atom stereocenters. The molecule has 1 N–H and O–H groups in total. The van der Waals surface area contributed by atoms with Crippen LogP contribution < -0.4 is 5.32 Å². The van der Waals surface area contributed by atoms with Gasteiger partial charge in [-0.3, -0.25) is 14.4 Å². The van der Waals surface area contributed by atoms with Gasteiger partial charge in [-0.2, -0.15) is 5.10 Å². The first-order valence-corrected chi connectivity index (χ1v) is 9.42. The maximum atomic E-state index is 12.5. The summed E-state index contributed by atoms with van der Waals surface area (Å²) in [6, 6.07) is 0. The van der Waals surface area contributed by atoms with Crippen LogP contribution in [0.25, 0.3) is 0 Å². The van der Waals surface area contributed by atoms with Crippen LogP contribution in [0.4, 0.5) is 0 Å². The molecule has 3 atom stereocenters. The number of hydrogen-bond donors (Lipinski definition) is 1. The van der Waals surface area contributed by atoms with E-state index in [2.05, 4.69) is 36.1 Å². The topological polar surface area (TPSA) is 50.2 Å². The van der Waals surface area contributed by atoms with E-state index in [1.165, 1.54) is 31.4 Å². The minimum Gasteiger partial charge on any atom is -0.354 e. The number of carbonyl (C=O) groups is 1. The van der Waals surface area contributed by atoms with Crippen LogP contribution in [0.2, 0.25) is 0 Å². The fourth-order valence-electron chi connectivity index (χ4n) is 3.98. The zero-order chi connectivity index (χ0) is 17.3. The number of carbonyl (C=O) groups excluding carboxylic acids is 1. The van der Waals surface area contributed by atoms with Crippen molar-refractivity contribution in [2.24, 2.45) is 18.9 Å². The molecule has 2 aliphatic rings. The Morgan fingerprint density at radius 1 is 1.46 bits per heavy atom. The number of aromatic nitrogens is 2. The number of likely N-dealkylation sites (tertiary alicyclic amines) is 1. The largest absolute Gasteiger partial charge is 0.354 e. The van der Waals surface area contributed by atoms with Crippen molar-refractivity contribution in [3.63, 3.8) is 0 Å². The van der Waals surface area contributed by atoms with Gasteiger partial charge in [-0.1, -0.05) is 13.3 Å². The van der Waals surface area contributed by atoms with Crippen molar-refractivity contribution in [1.82, 2.24) is 20.0 Å². The SMILES string of the molecule is CC[C@@H]1CCCN(C(C)(C)CNC(=O)[C@H]2C[C@H]2c2cnn(C)c2)C1. The van der Waals surface area contributed by atoms with Gasteiger partial charge in [0.25, 0.3) is 0 Å². The van der Waals surface area contributed by atoms with Gasteiger partial charge in [0, 0.05) is 37.8 Å². The molecule has 24 heavy (non-hydrogen) atoms. The number of hydrogen-bond acceptors (Lipinski definition) is 3. The van der Waals surface area contributed by atoms with Crippen molar-refractivity contribution in [2.45, 2.75) is 57.9 Å². The Bertz CT molecular complexity index is 580. The first kappa shape index (κ1) is 17.5. The Morgan fingerprint density at radius 2 is 2.25 bits per heavy atom. The van der Waals surface area contributed by atoms with E-state index in [0.717, 1.165) is 25.4 Å². The third-order valence-electron chi connectivity index (χ3n) is 5.93. The lowest BCUT2D eigenvalue weighted by Gasteiger charge is -2.43. The second-order valence-corrected chi connectivity index (χ2v) is 8.29. The van der Waals surface area contributed by atoms with Gasteiger partial charge in [0.1, 0.15) is 0 Å². The molecule has 1 amide bonds. The smallest absolute Gasteiger partial charge is 0.223 e. The third-order valence-corrected chi connectivity index (χ3v) is 5.93. The highest BCUT2D eigenvalue weighted by molar-refractivity contribution is 5.82. The van der Waals surface area contributed by atoms with Gasteiger partial charge in [-0.05, 0) is 57.1 Å². The van der Waals surface area contributed by atoms with Crippen molar-refractivity contribution < 1.29 is 4.79 Å². The zero-order valence-electron chi connectivity index (χ0n) is 15.6. The first-order valence-electron chi connectivity index (χ1n) is 9.42. The van der Waals surface area contributed by atoms with Crippen LogP contribution in [0.5, 0.6) is 0 Å². The number of nitrogens with one attached hydrogen (secondary N) is 1. The number of nitrogens with zero attached hydrogens (tertiary/aromatic N) is 3. The Hall–Kier alpha value is -1.36. The Balaban J connectivity index is 1.49. The molecular weight excluding hydrogens is 300 g/mol. The van der Waals surface area contributed by atoms with Gasteiger partial charge in [0.05, 0.1) is 6.20 Å². The van der Waals surface area contributed by atoms with E-state index in [1.54, 1.807) is 0 Å². The molecule has 1 aromatic rings. The lowest BCUT2D eigenvalue weighted by atomic mass is 9.91. The fraction of sp³-hybridized carbons (Fsp3) is 0.789. The molecule has 2 heterocycles. The van der Waals surface area contributed by atoms with Crippen LogP contribution in [0.1, 0.15) is 57.9 Å². The predicted molar refractivity (Wildman–Crippen MR) is 95.7 cm³/mol. The van der Waals surface area contributed by atoms with Crippen LogP contribution in [-0.4, -0.2) is 45.8 Å². The van der Waals surface area contributed by atoms with E-state index in [9.17, 15) is 4.79 Å². The normalized spacial score (nSPS) is 27.9. The van der Waals surface area contributed by atoms with Crippen molar-refractivity contribution >= 4 is 5.91 Å². The third kappa shape index (κ3) is 3.82. The molecule has 134 valence electrons. The highest BCUT2D eigenvalue weighted by Crippen LogP contribution is 2.47. The summed E-state index contributed by atoms with van der Waals surface area (Å²) in [5.74, 6) is 1.52. The van der Waals surface area contributed by atoms with Crippen LogP contribution >= 0.6 is 0 Å². The Kier molecular flexibility index (Phi) is 5.00. The van der Waals surface area contributed by atoms with Gasteiger partial charge in [-0.15, -0.1) is 0 Å². The molecule has 1 aromatic heterocycles. The van der Waals surface area contributed by atoms with Crippen LogP contribution in [0.15, 0.2) is 12.4 Å². The molecule has 0 spiro atoms. The maximum absolute atomic E-state index is 12.5. The summed E-state index contributed by atoms with van der Waals surface area (Å²) in [4.78, 5) is 15.1. The van der Waals surface area contributed by atoms with E-state index < -0.39 is 0 Å². The van der Waals surface area contributed by atoms with Gasteiger partial charge in [-0.25, -0.2) is 0 Å². The standard InChI is InChI=1S/C19H32N4O/c1-5-14-7-6-8-23(11-14)19(2,3)13-20-18(24)17-9-16(17)15-10-21-22(4)12-15/h10,12,14,16-17H,5-9,11,13H2,1-4H3,(H,20,24)/t14-,16+,17+/m1/s1. The van der Waals surface area contributed by atoms with Gasteiger partial charge in [0.15, 0.2) is 0 Å². The summed E-state index contributed by atoms with van der Waals surface area (Å²) < 4.78 is 1.81. The molecular formula is C19H32N4O. The number of amides is 1. The summed E-state index contributed by atoms with van der Waals surface area (Å²) in [5.41, 5.74) is 1.22. The molecule has 0 radical (unpaired) electrons. The number of aryl methyl sites for hydroxylation is 1. The monoisotopic (exact) mass is 332 g/mol. The molecule has 0 aromatic carbocycles. The minimum absolute atomic E-state index is 0.0299. The fourth-order valence-corrected chi connectivity index (χ4v) is 3.98. The van der Waals surface area contributed by atoms with Crippen LogP contribution in [0.3, 0.4) is 0 Å². The molecule has 1 aliphatic carbocycles. The molecule has 0 bridgehead atoms. The zero-order valence-corrected chi connectivity index (χ0v) is 15.6. The maximum Gasteiger partial charge on any atom is 0.223 e. The summed E-state index contributed by atoms with van der Waals surface area (Å²) in [6.07, 6.45) is 8.76. The molecule has 3 rings (SSSR count). The van der Waals surface area contributed by atoms with E-state index in [4.69, 9.17) is 0 Å². The van der Waals surface area contributed by atoms with Crippen LogP contribution in [-0.2, 0) is 11.8 Å². The Morgan fingerprint density at radius 3 is 2.92 bits per heavy atom.